The standard InChI is InChI=1S/C20H23FN4OS/c1-25-7-3-5-13(19(25)18-6-4-8-27-18)11-22-20-14-9-17(26-2)15(21)10-16(14)23-12-24-20/h4,6,8-10,12-13,19H,3,5,7,11H2,1-2H3,(H,22,23,24). The van der Waals surface area contributed by atoms with E-state index in [-0.39, 0.29) is 5.75 Å². The van der Waals surface area contributed by atoms with Crippen molar-refractivity contribution < 1.29 is 9.13 Å². The molecule has 0 spiro atoms. The lowest BCUT2D eigenvalue weighted by Crippen LogP contribution is -2.38. The van der Waals surface area contributed by atoms with E-state index < -0.39 is 5.82 Å². The smallest absolute Gasteiger partial charge is 0.167 e. The Morgan fingerprint density at radius 1 is 1.37 bits per heavy atom. The molecule has 2 aromatic heterocycles. The molecule has 0 amide bonds. The molecular formula is C20H23FN4OS. The Kier molecular flexibility index (Phi) is 5.22. The number of anilines is 1. The van der Waals surface area contributed by atoms with Crippen molar-refractivity contribution in [2.45, 2.75) is 18.9 Å². The molecular weight excluding hydrogens is 363 g/mol. The number of fused-ring (bicyclic) bond motifs is 1. The van der Waals surface area contributed by atoms with Gasteiger partial charge in [0, 0.05) is 28.9 Å². The molecule has 4 rings (SSSR count). The van der Waals surface area contributed by atoms with Crippen LogP contribution in [0.4, 0.5) is 10.2 Å². The molecule has 1 aliphatic rings. The van der Waals surface area contributed by atoms with E-state index in [0.29, 0.717) is 17.5 Å². The molecule has 1 aromatic carbocycles. The summed E-state index contributed by atoms with van der Waals surface area (Å²) in [6, 6.07) is 7.80. The maximum atomic E-state index is 14.0. The molecule has 0 saturated carbocycles. The molecule has 142 valence electrons. The van der Waals surface area contributed by atoms with Gasteiger partial charge in [0.05, 0.1) is 12.6 Å². The quantitative estimate of drug-likeness (QED) is 0.707. The number of rotatable bonds is 5. The van der Waals surface area contributed by atoms with Gasteiger partial charge in [-0.05, 0) is 49.9 Å². The molecule has 0 aliphatic carbocycles. The number of ether oxygens (including phenoxy) is 1. The van der Waals surface area contributed by atoms with Gasteiger partial charge in [0.2, 0.25) is 0 Å². The molecule has 1 aliphatic heterocycles. The Bertz CT molecular complexity index is 918. The molecule has 0 bridgehead atoms. The van der Waals surface area contributed by atoms with Crippen LogP contribution in [-0.4, -0.2) is 42.1 Å². The van der Waals surface area contributed by atoms with E-state index in [4.69, 9.17) is 4.74 Å². The number of aromatic nitrogens is 2. The first kappa shape index (κ1) is 18.1. The highest BCUT2D eigenvalue weighted by molar-refractivity contribution is 7.10. The van der Waals surface area contributed by atoms with E-state index >= 15 is 0 Å². The highest BCUT2D eigenvalue weighted by Crippen LogP contribution is 2.37. The summed E-state index contributed by atoms with van der Waals surface area (Å²) in [6.45, 7) is 1.92. The molecule has 5 nitrogen and oxygen atoms in total. The minimum atomic E-state index is -0.415. The summed E-state index contributed by atoms with van der Waals surface area (Å²) >= 11 is 1.81. The highest BCUT2D eigenvalue weighted by atomic mass is 32.1. The van der Waals surface area contributed by atoms with Crippen LogP contribution in [-0.2, 0) is 0 Å². The van der Waals surface area contributed by atoms with Crippen molar-refractivity contribution in [3.8, 4) is 5.75 Å². The van der Waals surface area contributed by atoms with Crippen molar-refractivity contribution in [1.82, 2.24) is 14.9 Å². The van der Waals surface area contributed by atoms with Gasteiger partial charge in [-0.2, -0.15) is 0 Å². The fraction of sp³-hybridized carbons (Fsp3) is 0.400. The summed E-state index contributed by atoms with van der Waals surface area (Å²) in [5.41, 5.74) is 0.571. The van der Waals surface area contributed by atoms with E-state index in [9.17, 15) is 4.39 Å². The van der Waals surface area contributed by atoms with E-state index in [2.05, 4.69) is 44.7 Å². The number of nitrogens with one attached hydrogen (secondary N) is 1. The van der Waals surface area contributed by atoms with Crippen LogP contribution in [0, 0.1) is 11.7 Å². The largest absolute Gasteiger partial charge is 0.494 e. The second kappa shape index (κ2) is 7.78. The second-order valence-electron chi connectivity index (χ2n) is 6.95. The van der Waals surface area contributed by atoms with Crippen molar-refractivity contribution in [3.63, 3.8) is 0 Å². The van der Waals surface area contributed by atoms with Crippen LogP contribution in [0.3, 0.4) is 0 Å². The fourth-order valence-corrected chi connectivity index (χ4v) is 4.95. The van der Waals surface area contributed by atoms with Crippen molar-refractivity contribution >= 4 is 28.1 Å². The average molecular weight is 386 g/mol. The third-order valence-electron chi connectivity index (χ3n) is 5.28. The Labute approximate surface area is 162 Å². The van der Waals surface area contributed by atoms with Crippen LogP contribution in [0.25, 0.3) is 10.9 Å². The van der Waals surface area contributed by atoms with Gasteiger partial charge >= 0.3 is 0 Å². The van der Waals surface area contributed by atoms with Gasteiger partial charge < -0.3 is 10.1 Å². The van der Waals surface area contributed by atoms with Crippen LogP contribution in [0.2, 0.25) is 0 Å². The molecule has 7 heteroatoms. The molecule has 0 radical (unpaired) electrons. The monoisotopic (exact) mass is 386 g/mol. The summed E-state index contributed by atoms with van der Waals surface area (Å²) in [4.78, 5) is 12.4. The zero-order valence-corrected chi connectivity index (χ0v) is 16.3. The third kappa shape index (κ3) is 3.61. The third-order valence-corrected chi connectivity index (χ3v) is 6.23. The Morgan fingerprint density at radius 2 is 2.26 bits per heavy atom. The van der Waals surface area contributed by atoms with Gasteiger partial charge in [-0.15, -0.1) is 11.3 Å². The van der Waals surface area contributed by atoms with E-state index in [1.807, 2.05) is 11.3 Å². The first-order valence-electron chi connectivity index (χ1n) is 9.13. The number of thiophene rings is 1. The number of likely N-dealkylation sites (tertiary alicyclic amines) is 1. The van der Waals surface area contributed by atoms with Crippen LogP contribution < -0.4 is 10.1 Å². The number of hydrogen-bond donors (Lipinski definition) is 1. The first-order chi connectivity index (χ1) is 13.2. The molecule has 3 heterocycles. The average Bonchev–Trinajstić information content (AvgIpc) is 3.19. The van der Waals surface area contributed by atoms with Gasteiger partial charge in [0.15, 0.2) is 11.6 Å². The zero-order chi connectivity index (χ0) is 18.8. The van der Waals surface area contributed by atoms with Crippen LogP contribution in [0.5, 0.6) is 5.75 Å². The van der Waals surface area contributed by atoms with Gasteiger partial charge in [-0.3, -0.25) is 4.90 Å². The lowest BCUT2D eigenvalue weighted by Gasteiger charge is -2.39. The number of halogens is 1. The van der Waals surface area contributed by atoms with E-state index in [1.54, 1.807) is 6.07 Å². The second-order valence-corrected chi connectivity index (χ2v) is 7.93. The molecule has 1 N–H and O–H groups in total. The topological polar surface area (TPSA) is 50.3 Å². The van der Waals surface area contributed by atoms with Crippen LogP contribution >= 0.6 is 11.3 Å². The summed E-state index contributed by atoms with van der Waals surface area (Å²) in [6.07, 6.45) is 3.83. The summed E-state index contributed by atoms with van der Waals surface area (Å²) in [7, 11) is 3.66. The summed E-state index contributed by atoms with van der Waals surface area (Å²) < 4.78 is 19.1. The number of methoxy groups -OCH3 is 1. The van der Waals surface area contributed by atoms with Crippen molar-refractivity contribution in [2.24, 2.45) is 5.92 Å². The highest BCUT2D eigenvalue weighted by Gasteiger charge is 2.31. The molecule has 2 atom stereocenters. The minimum absolute atomic E-state index is 0.203. The Morgan fingerprint density at radius 3 is 3.04 bits per heavy atom. The Hall–Kier alpha value is -2.25. The van der Waals surface area contributed by atoms with E-state index in [0.717, 1.165) is 24.3 Å². The van der Waals surface area contributed by atoms with Crippen molar-refractivity contribution in [2.75, 3.05) is 32.6 Å². The van der Waals surface area contributed by atoms with Gasteiger partial charge in [0.1, 0.15) is 12.1 Å². The maximum absolute atomic E-state index is 14.0. The Balaban J connectivity index is 1.59. The molecule has 27 heavy (non-hydrogen) atoms. The van der Waals surface area contributed by atoms with Crippen molar-refractivity contribution in [3.05, 3.63) is 46.7 Å². The predicted molar refractivity (Wildman–Crippen MR) is 107 cm³/mol. The van der Waals surface area contributed by atoms with Gasteiger partial charge in [-0.1, -0.05) is 6.07 Å². The minimum Gasteiger partial charge on any atom is -0.494 e. The number of hydrogen-bond acceptors (Lipinski definition) is 6. The SMILES string of the molecule is COc1cc2c(NCC3CCCN(C)C3c3cccs3)ncnc2cc1F. The molecule has 3 aromatic rings. The van der Waals surface area contributed by atoms with Crippen molar-refractivity contribution in [1.29, 1.82) is 0 Å². The number of benzene rings is 1. The molecule has 1 saturated heterocycles. The number of piperidine rings is 1. The summed E-state index contributed by atoms with van der Waals surface area (Å²) in [5, 5.41) is 6.40. The lowest BCUT2D eigenvalue weighted by molar-refractivity contribution is 0.130. The van der Waals surface area contributed by atoms with Gasteiger partial charge in [0.25, 0.3) is 0 Å². The van der Waals surface area contributed by atoms with Gasteiger partial charge in [-0.25, -0.2) is 14.4 Å². The molecule has 2 unspecified atom stereocenters. The van der Waals surface area contributed by atoms with E-state index in [1.165, 1.54) is 37.2 Å². The maximum Gasteiger partial charge on any atom is 0.167 e. The fourth-order valence-electron chi connectivity index (χ4n) is 3.97. The first-order valence-corrected chi connectivity index (χ1v) is 10.0. The molecule has 1 fully saturated rings. The van der Waals surface area contributed by atoms with Crippen LogP contribution in [0.15, 0.2) is 36.0 Å². The zero-order valence-electron chi connectivity index (χ0n) is 15.5. The normalized spacial score (nSPS) is 20.7. The summed E-state index contributed by atoms with van der Waals surface area (Å²) in [5.74, 6) is 0.988. The number of nitrogens with zero attached hydrogens (tertiary/aromatic N) is 3. The lowest BCUT2D eigenvalue weighted by atomic mass is 9.88. The van der Waals surface area contributed by atoms with Crippen LogP contribution in [0.1, 0.15) is 23.8 Å². The predicted octanol–water partition coefficient (Wildman–Crippen LogP) is 4.33.